The topological polar surface area (TPSA) is 47.3 Å². The van der Waals surface area contributed by atoms with Gasteiger partial charge in [0.15, 0.2) is 6.10 Å². The van der Waals surface area contributed by atoms with E-state index in [9.17, 15) is 0 Å². The van der Waals surface area contributed by atoms with Gasteiger partial charge in [0.05, 0.1) is 6.20 Å². The lowest BCUT2D eigenvalue weighted by molar-refractivity contribution is 0.113. The summed E-state index contributed by atoms with van der Waals surface area (Å²) in [7, 11) is 0. The van der Waals surface area contributed by atoms with Gasteiger partial charge < -0.3 is 14.5 Å². The second kappa shape index (κ2) is 5.85. The summed E-state index contributed by atoms with van der Waals surface area (Å²) < 4.78 is 11.6. The standard InChI is InChI=1S/C15H17ClN2O2/c1-10-8-12(16)2-3-13(10)20-14(11-4-5-17-9-11)15-18-6-7-19-15/h2-3,6-8,11,14,17H,4-5,9H2,1H3/t11-,14+/m1/s1. The Labute approximate surface area is 123 Å². The minimum atomic E-state index is -0.167. The van der Waals surface area contributed by atoms with Crippen LogP contribution in [0.15, 0.2) is 35.1 Å². The zero-order chi connectivity index (χ0) is 13.9. The van der Waals surface area contributed by atoms with E-state index < -0.39 is 0 Å². The Bertz CT molecular complexity index is 565. The van der Waals surface area contributed by atoms with Gasteiger partial charge >= 0.3 is 0 Å². The largest absolute Gasteiger partial charge is 0.480 e. The molecule has 1 aliphatic heterocycles. The SMILES string of the molecule is Cc1cc(Cl)ccc1O[C@H](c1ncco1)[C@@H]1CCNC1. The van der Waals surface area contributed by atoms with Crippen LogP contribution in [0.25, 0.3) is 0 Å². The number of aromatic nitrogens is 1. The van der Waals surface area contributed by atoms with Gasteiger partial charge in [-0.1, -0.05) is 11.6 Å². The molecular formula is C15H17ClN2O2. The van der Waals surface area contributed by atoms with Crippen molar-refractivity contribution >= 4 is 11.6 Å². The van der Waals surface area contributed by atoms with Crippen LogP contribution in [-0.2, 0) is 0 Å². The Morgan fingerprint density at radius 3 is 3.05 bits per heavy atom. The van der Waals surface area contributed by atoms with Crippen LogP contribution in [0.4, 0.5) is 0 Å². The van der Waals surface area contributed by atoms with Crippen LogP contribution < -0.4 is 10.1 Å². The van der Waals surface area contributed by atoms with E-state index in [0.29, 0.717) is 16.8 Å². The van der Waals surface area contributed by atoms with E-state index in [0.717, 1.165) is 30.8 Å². The van der Waals surface area contributed by atoms with Crippen molar-refractivity contribution < 1.29 is 9.15 Å². The number of nitrogens with one attached hydrogen (secondary N) is 1. The molecule has 0 aliphatic carbocycles. The predicted molar refractivity (Wildman–Crippen MR) is 77.0 cm³/mol. The van der Waals surface area contributed by atoms with E-state index in [1.165, 1.54) is 0 Å². The summed E-state index contributed by atoms with van der Waals surface area (Å²) in [5, 5.41) is 4.07. The van der Waals surface area contributed by atoms with Crippen molar-refractivity contribution in [3.8, 4) is 5.75 Å². The fourth-order valence-corrected chi connectivity index (χ4v) is 2.77. The number of aryl methyl sites for hydroxylation is 1. The van der Waals surface area contributed by atoms with Crippen LogP contribution in [0.1, 0.15) is 24.0 Å². The molecule has 4 nitrogen and oxygen atoms in total. The van der Waals surface area contributed by atoms with Gasteiger partial charge in [-0.05, 0) is 43.7 Å². The average molecular weight is 293 g/mol. The molecule has 0 saturated carbocycles. The highest BCUT2D eigenvalue weighted by Crippen LogP contribution is 2.33. The summed E-state index contributed by atoms with van der Waals surface area (Å²) in [5.74, 6) is 1.82. The highest BCUT2D eigenvalue weighted by atomic mass is 35.5. The van der Waals surface area contributed by atoms with E-state index in [2.05, 4.69) is 10.3 Å². The van der Waals surface area contributed by atoms with E-state index in [1.807, 2.05) is 25.1 Å². The molecule has 0 amide bonds. The lowest BCUT2D eigenvalue weighted by Gasteiger charge is -2.22. The van der Waals surface area contributed by atoms with Crippen molar-refractivity contribution in [2.75, 3.05) is 13.1 Å². The van der Waals surface area contributed by atoms with Gasteiger partial charge in [-0.3, -0.25) is 0 Å². The first-order chi connectivity index (χ1) is 9.74. The zero-order valence-corrected chi connectivity index (χ0v) is 12.1. The second-order valence-electron chi connectivity index (χ2n) is 5.07. The number of rotatable bonds is 4. The summed E-state index contributed by atoms with van der Waals surface area (Å²) in [6, 6.07) is 5.63. The van der Waals surface area contributed by atoms with Crippen LogP contribution in [0.3, 0.4) is 0 Å². The molecule has 3 rings (SSSR count). The molecule has 1 saturated heterocycles. The summed E-state index contributed by atoms with van der Waals surface area (Å²) in [6.07, 6.45) is 4.13. The van der Waals surface area contributed by atoms with Crippen molar-refractivity contribution in [2.45, 2.75) is 19.4 Å². The molecule has 20 heavy (non-hydrogen) atoms. The quantitative estimate of drug-likeness (QED) is 0.938. The Balaban J connectivity index is 1.86. The molecule has 2 aromatic rings. The number of hydrogen-bond donors (Lipinski definition) is 1. The number of halogens is 1. The minimum absolute atomic E-state index is 0.167. The Kier molecular flexibility index (Phi) is 3.94. The third-order valence-corrected chi connectivity index (χ3v) is 3.85. The molecule has 0 bridgehead atoms. The fraction of sp³-hybridized carbons (Fsp3) is 0.400. The monoisotopic (exact) mass is 292 g/mol. The first kappa shape index (κ1) is 13.5. The van der Waals surface area contributed by atoms with E-state index in [4.69, 9.17) is 20.8 Å². The number of oxazole rings is 1. The van der Waals surface area contributed by atoms with E-state index in [-0.39, 0.29) is 6.10 Å². The predicted octanol–water partition coefficient (Wildman–Crippen LogP) is 3.37. The van der Waals surface area contributed by atoms with Crippen molar-refractivity contribution in [2.24, 2.45) is 5.92 Å². The highest BCUT2D eigenvalue weighted by molar-refractivity contribution is 6.30. The summed E-state index contributed by atoms with van der Waals surface area (Å²) in [5.41, 5.74) is 1.01. The number of benzene rings is 1. The molecule has 0 radical (unpaired) electrons. The van der Waals surface area contributed by atoms with Gasteiger partial charge in [-0.25, -0.2) is 4.98 Å². The van der Waals surface area contributed by atoms with Gasteiger partial charge in [0.2, 0.25) is 5.89 Å². The Hall–Kier alpha value is -1.52. The molecule has 0 spiro atoms. The fourth-order valence-electron chi connectivity index (χ4n) is 2.54. The van der Waals surface area contributed by atoms with Gasteiger partial charge in [-0.2, -0.15) is 0 Å². The molecule has 2 atom stereocenters. The van der Waals surface area contributed by atoms with Crippen LogP contribution >= 0.6 is 11.6 Å². The molecule has 2 heterocycles. The van der Waals surface area contributed by atoms with Gasteiger partial charge in [-0.15, -0.1) is 0 Å². The molecule has 5 heteroatoms. The number of nitrogens with zero attached hydrogens (tertiary/aromatic N) is 1. The van der Waals surface area contributed by atoms with Crippen molar-refractivity contribution in [3.05, 3.63) is 47.1 Å². The summed E-state index contributed by atoms with van der Waals surface area (Å²) in [6.45, 7) is 3.91. The first-order valence-corrected chi connectivity index (χ1v) is 7.15. The third-order valence-electron chi connectivity index (χ3n) is 3.61. The maximum absolute atomic E-state index is 6.17. The molecule has 0 unspecified atom stereocenters. The minimum Gasteiger partial charge on any atom is -0.480 e. The van der Waals surface area contributed by atoms with Gasteiger partial charge in [0, 0.05) is 17.5 Å². The molecule has 1 fully saturated rings. The van der Waals surface area contributed by atoms with Crippen molar-refractivity contribution in [1.29, 1.82) is 0 Å². The van der Waals surface area contributed by atoms with Crippen LogP contribution in [-0.4, -0.2) is 18.1 Å². The molecule has 1 aromatic carbocycles. The second-order valence-corrected chi connectivity index (χ2v) is 5.51. The first-order valence-electron chi connectivity index (χ1n) is 6.77. The average Bonchev–Trinajstić information content (AvgIpc) is 3.11. The molecule has 1 N–H and O–H groups in total. The molecule has 1 aromatic heterocycles. The number of ether oxygens (including phenoxy) is 1. The maximum Gasteiger partial charge on any atom is 0.235 e. The highest BCUT2D eigenvalue weighted by Gasteiger charge is 2.31. The Morgan fingerprint density at radius 2 is 2.40 bits per heavy atom. The molecular weight excluding hydrogens is 276 g/mol. The van der Waals surface area contributed by atoms with Crippen LogP contribution in [0.2, 0.25) is 5.02 Å². The smallest absolute Gasteiger partial charge is 0.235 e. The van der Waals surface area contributed by atoms with Crippen LogP contribution in [0.5, 0.6) is 5.75 Å². The molecule has 106 valence electrons. The summed E-state index contributed by atoms with van der Waals surface area (Å²) in [4.78, 5) is 4.26. The normalized spacial score (nSPS) is 20.0. The van der Waals surface area contributed by atoms with Crippen LogP contribution in [0, 0.1) is 12.8 Å². The van der Waals surface area contributed by atoms with Gasteiger partial charge in [0.1, 0.15) is 12.0 Å². The van der Waals surface area contributed by atoms with E-state index >= 15 is 0 Å². The van der Waals surface area contributed by atoms with Crippen molar-refractivity contribution in [3.63, 3.8) is 0 Å². The lowest BCUT2D eigenvalue weighted by Crippen LogP contribution is -2.22. The van der Waals surface area contributed by atoms with E-state index in [1.54, 1.807) is 12.5 Å². The summed E-state index contributed by atoms with van der Waals surface area (Å²) >= 11 is 5.98. The van der Waals surface area contributed by atoms with Crippen molar-refractivity contribution in [1.82, 2.24) is 10.3 Å². The molecule has 1 aliphatic rings. The Morgan fingerprint density at radius 1 is 1.50 bits per heavy atom. The third kappa shape index (κ3) is 2.81. The lowest BCUT2D eigenvalue weighted by atomic mass is 10.0. The van der Waals surface area contributed by atoms with Gasteiger partial charge in [0.25, 0.3) is 0 Å². The zero-order valence-electron chi connectivity index (χ0n) is 11.3. The number of hydrogen-bond acceptors (Lipinski definition) is 4. The maximum atomic E-state index is 6.17.